The van der Waals surface area contributed by atoms with Gasteiger partial charge in [-0.25, -0.2) is 14.7 Å². The number of aromatic nitrogens is 5. The topological polar surface area (TPSA) is 70.1 Å². The Morgan fingerprint density at radius 1 is 1.24 bits per heavy atom. The van der Waals surface area contributed by atoms with E-state index in [1.54, 1.807) is 12.5 Å². The molecule has 2 aliphatic rings. The van der Waals surface area contributed by atoms with Crippen LogP contribution in [0, 0.1) is 0 Å². The molecule has 0 fully saturated rings. The molecule has 126 valence electrons. The zero-order chi connectivity index (χ0) is 17.2. The van der Waals surface area contributed by atoms with Gasteiger partial charge in [0, 0.05) is 11.4 Å². The molecule has 8 heteroatoms. The summed E-state index contributed by atoms with van der Waals surface area (Å²) < 4.78 is 9.68. The largest absolute Gasteiger partial charge is 0.474 e. The van der Waals surface area contributed by atoms with Crippen LogP contribution in [0.15, 0.2) is 35.7 Å². The van der Waals surface area contributed by atoms with Crippen LogP contribution in [0.4, 0.5) is 0 Å². The van der Waals surface area contributed by atoms with E-state index in [9.17, 15) is 0 Å². The monoisotopic (exact) mass is 354 g/mol. The Balaban J connectivity index is 1.75. The second-order valence-corrected chi connectivity index (χ2v) is 7.31. The Kier molecular flexibility index (Phi) is 2.88. The third kappa shape index (κ3) is 2.19. The first kappa shape index (κ1) is 14.7. The van der Waals surface area contributed by atoms with Crippen LogP contribution in [0.25, 0.3) is 11.4 Å². The Labute approximate surface area is 148 Å². The highest BCUT2D eigenvalue weighted by atomic mass is 35.5. The molecule has 2 aromatic heterocycles. The summed E-state index contributed by atoms with van der Waals surface area (Å²) in [6, 6.07) is 5.71. The lowest BCUT2D eigenvalue weighted by Gasteiger charge is -2.10. The number of hydrogen-bond donors (Lipinski definition) is 0. The highest BCUT2D eigenvalue weighted by molar-refractivity contribution is 6.30. The smallest absolute Gasteiger partial charge is 0.237 e. The number of imidazole rings is 1. The van der Waals surface area contributed by atoms with E-state index < -0.39 is 0 Å². The van der Waals surface area contributed by atoms with Crippen LogP contribution in [-0.2, 0) is 11.2 Å². The number of aliphatic imine (C=N–C) groups is 1. The Morgan fingerprint density at radius 3 is 2.92 bits per heavy atom. The lowest BCUT2D eigenvalue weighted by molar-refractivity contribution is 0.279. The minimum Gasteiger partial charge on any atom is -0.474 e. The summed E-state index contributed by atoms with van der Waals surface area (Å²) in [6.45, 7) is 4.65. The molecular formula is C17H15ClN6O. The van der Waals surface area contributed by atoms with Crippen molar-refractivity contribution in [2.45, 2.75) is 25.8 Å². The first-order chi connectivity index (χ1) is 12.0. The minimum absolute atomic E-state index is 0.231. The molecule has 0 N–H and O–H groups in total. The summed E-state index contributed by atoms with van der Waals surface area (Å²) in [5.74, 6) is 0.593. The van der Waals surface area contributed by atoms with Crippen molar-refractivity contribution in [1.29, 1.82) is 0 Å². The fraction of sp³-hybridized carbons (Fsp3) is 0.294. The zero-order valence-corrected chi connectivity index (χ0v) is 14.5. The van der Waals surface area contributed by atoms with Gasteiger partial charge in [0.15, 0.2) is 0 Å². The summed E-state index contributed by atoms with van der Waals surface area (Å²) in [4.78, 5) is 9.26. The Morgan fingerprint density at radius 2 is 2.12 bits per heavy atom. The SMILES string of the molecule is CC1(C)COC(c2ncn3c2Cc2cnnn2-c2cc(Cl)ccc2-3)=N1. The fourth-order valence-electron chi connectivity index (χ4n) is 3.26. The summed E-state index contributed by atoms with van der Waals surface area (Å²) in [6.07, 6.45) is 4.18. The van der Waals surface area contributed by atoms with E-state index in [0.717, 1.165) is 28.5 Å². The van der Waals surface area contributed by atoms with Crippen molar-refractivity contribution in [3.63, 3.8) is 0 Å². The van der Waals surface area contributed by atoms with Gasteiger partial charge in [-0.05, 0) is 32.0 Å². The van der Waals surface area contributed by atoms with Crippen LogP contribution in [0.5, 0.6) is 0 Å². The number of halogens is 1. The molecule has 4 heterocycles. The van der Waals surface area contributed by atoms with Crippen LogP contribution < -0.4 is 0 Å². The van der Waals surface area contributed by atoms with Gasteiger partial charge in [-0.2, -0.15) is 0 Å². The van der Waals surface area contributed by atoms with Crippen LogP contribution in [0.3, 0.4) is 0 Å². The number of fused-ring (bicyclic) bond motifs is 5. The average Bonchev–Trinajstić information content (AvgIpc) is 3.25. The molecule has 7 nitrogen and oxygen atoms in total. The molecule has 3 aromatic rings. The summed E-state index contributed by atoms with van der Waals surface area (Å²) in [7, 11) is 0. The molecule has 2 aliphatic heterocycles. The maximum absolute atomic E-state index is 6.21. The van der Waals surface area contributed by atoms with Crippen molar-refractivity contribution < 1.29 is 4.74 Å². The van der Waals surface area contributed by atoms with Crippen molar-refractivity contribution in [1.82, 2.24) is 24.5 Å². The highest BCUT2D eigenvalue weighted by Gasteiger charge is 2.32. The summed E-state index contributed by atoms with van der Waals surface area (Å²) in [5.41, 5.74) is 4.31. The van der Waals surface area contributed by atoms with E-state index in [4.69, 9.17) is 16.3 Å². The molecule has 0 aliphatic carbocycles. The van der Waals surface area contributed by atoms with Crippen molar-refractivity contribution in [3.05, 3.63) is 52.8 Å². The first-order valence-corrected chi connectivity index (χ1v) is 8.39. The third-order valence-electron chi connectivity index (χ3n) is 4.43. The number of ether oxygens (including phenoxy) is 1. The predicted octanol–water partition coefficient (Wildman–Crippen LogP) is 2.57. The van der Waals surface area contributed by atoms with E-state index in [-0.39, 0.29) is 5.54 Å². The lowest BCUT2D eigenvalue weighted by atomic mass is 10.1. The van der Waals surface area contributed by atoms with E-state index in [2.05, 4.69) is 20.3 Å². The minimum atomic E-state index is -0.231. The van der Waals surface area contributed by atoms with Crippen molar-refractivity contribution in [3.8, 4) is 11.4 Å². The third-order valence-corrected chi connectivity index (χ3v) is 4.66. The number of benzene rings is 1. The van der Waals surface area contributed by atoms with Crippen LogP contribution in [-0.4, -0.2) is 42.6 Å². The highest BCUT2D eigenvalue weighted by Crippen LogP contribution is 2.31. The molecular weight excluding hydrogens is 340 g/mol. The molecule has 5 rings (SSSR count). The van der Waals surface area contributed by atoms with E-state index in [1.807, 2.05) is 41.3 Å². The molecule has 0 atom stereocenters. The van der Waals surface area contributed by atoms with Gasteiger partial charge < -0.3 is 4.74 Å². The molecule has 0 unspecified atom stereocenters. The van der Waals surface area contributed by atoms with Crippen molar-refractivity contribution in [2.24, 2.45) is 4.99 Å². The van der Waals surface area contributed by atoms with Crippen molar-refractivity contribution in [2.75, 3.05) is 6.61 Å². The molecule has 0 bridgehead atoms. The predicted molar refractivity (Wildman–Crippen MR) is 92.9 cm³/mol. The average molecular weight is 355 g/mol. The quantitative estimate of drug-likeness (QED) is 0.526. The number of hydrogen-bond acceptors (Lipinski definition) is 5. The van der Waals surface area contributed by atoms with Gasteiger partial charge in [0.25, 0.3) is 0 Å². The Bertz CT molecular complexity index is 1030. The second-order valence-electron chi connectivity index (χ2n) is 6.87. The summed E-state index contributed by atoms with van der Waals surface area (Å²) >= 11 is 6.21. The molecule has 0 saturated carbocycles. The fourth-order valence-corrected chi connectivity index (χ4v) is 3.42. The molecule has 25 heavy (non-hydrogen) atoms. The van der Waals surface area contributed by atoms with Crippen LogP contribution in [0.1, 0.15) is 30.9 Å². The zero-order valence-electron chi connectivity index (χ0n) is 13.8. The van der Waals surface area contributed by atoms with E-state index in [0.29, 0.717) is 23.9 Å². The van der Waals surface area contributed by atoms with Gasteiger partial charge in [-0.15, -0.1) is 5.10 Å². The Hall–Kier alpha value is -2.67. The molecule has 1 aromatic carbocycles. The molecule has 0 amide bonds. The first-order valence-electron chi connectivity index (χ1n) is 8.01. The van der Waals surface area contributed by atoms with E-state index in [1.165, 1.54) is 0 Å². The standard InChI is InChI=1S/C17H15ClN6O/c1-17(2)8-25-16(21-17)15-14-6-11-7-20-22-24(11)13-5-10(18)3-4-12(13)23(14)9-19-15/h3-5,7,9H,6,8H2,1-2H3. The van der Waals surface area contributed by atoms with Gasteiger partial charge in [0.05, 0.1) is 34.5 Å². The van der Waals surface area contributed by atoms with Gasteiger partial charge in [0.1, 0.15) is 18.6 Å². The van der Waals surface area contributed by atoms with Gasteiger partial charge in [-0.3, -0.25) is 4.57 Å². The van der Waals surface area contributed by atoms with Gasteiger partial charge in [-0.1, -0.05) is 16.8 Å². The maximum Gasteiger partial charge on any atom is 0.237 e. The van der Waals surface area contributed by atoms with Crippen molar-refractivity contribution >= 4 is 17.5 Å². The molecule has 0 saturated heterocycles. The number of rotatable bonds is 1. The van der Waals surface area contributed by atoms with Gasteiger partial charge in [0.2, 0.25) is 5.90 Å². The maximum atomic E-state index is 6.21. The normalized spacial score (nSPS) is 17.2. The second kappa shape index (κ2) is 4.92. The van der Waals surface area contributed by atoms with Crippen LogP contribution in [0.2, 0.25) is 5.02 Å². The molecule has 0 spiro atoms. The lowest BCUT2D eigenvalue weighted by Crippen LogP contribution is -2.17. The van der Waals surface area contributed by atoms with Crippen LogP contribution >= 0.6 is 11.6 Å². The van der Waals surface area contributed by atoms with E-state index >= 15 is 0 Å². The summed E-state index contributed by atoms with van der Waals surface area (Å²) in [5, 5.41) is 8.93. The van der Waals surface area contributed by atoms with Gasteiger partial charge >= 0.3 is 0 Å². The molecule has 0 radical (unpaired) electrons. The number of nitrogens with zero attached hydrogens (tertiary/aromatic N) is 6.